The third kappa shape index (κ3) is 5.11. The average molecular weight is 332 g/mol. The van der Waals surface area contributed by atoms with E-state index < -0.39 is 24.2 Å². The number of halogens is 4. The molecule has 0 bridgehead atoms. The van der Waals surface area contributed by atoms with Crippen LogP contribution in [0.25, 0.3) is 0 Å². The molecule has 23 heavy (non-hydrogen) atoms. The fourth-order valence-electron chi connectivity index (χ4n) is 2.84. The van der Waals surface area contributed by atoms with E-state index in [-0.39, 0.29) is 25.2 Å². The average Bonchev–Trinajstić information content (AvgIpc) is 2.49. The van der Waals surface area contributed by atoms with Crippen LogP contribution in [0.2, 0.25) is 0 Å². The maximum absolute atomic E-state index is 12.8. The lowest BCUT2D eigenvalue weighted by molar-refractivity contribution is -0.183. The molecule has 0 unspecified atom stereocenters. The summed E-state index contributed by atoms with van der Waals surface area (Å²) in [4.78, 5) is 13.5. The Morgan fingerprint density at radius 2 is 1.91 bits per heavy atom. The molecule has 2 atom stereocenters. The molecule has 1 fully saturated rings. The van der Waals surface area contributed by atoms with Gasteiger partial charge in [-0.3, -0.25) is 0 Å². The van der Waals surface area contributed by atoms with Crippen molar-refractivity contribution in [2.45, 2.75) is 44.4 Å². The second kappa shape index (κ2) is 7.19. The van der Waals surface area contributed by atoms with Gasteiger partial charge < -0.3 is 10.2 Å². The molecule has 1 aromatic carbocycles. The summed E-state index contributed by atoms with van der Waals surface area (Å²) >= 11 is 0. The van der Waals surface area contributed by atoms with Gasteiger partial charge in [0.2, 0.25) is 0 Å². The summed E-state index contributed by atoms with van der Waals surface area (Å²) in [5.74, 6) is -1.70. The number of hydrogen-bond acceptors (Lipinski definition) is 1. The Kier molecular flexibility index (Phi) is 5.49. The summed E-state index contributed by atoms with van der Waals surface area (Å²) in [6, 6.07) is 4.87. The fourth-order valence-corrected chi connectivity index (χ4v) is 2.84. The quantitative estimate of drug-likeness (QED) is 0.831. The van der Waals surface area contributed by atoms with Crippen molar-refractivity contribution in [2.24, 2.45) is 5.92 Å². The van der Waals surface area contributed by atoms with E-state index in [0.717, 1.165) is 5.56 Å². The SMILES string of the molecule is CN(Cc1ccc(F)cc1)C(=O)N[C@@H]1CCC[C@@H](C(F)(F)F)C1. The zero-order valence-electron chi connectivity index (χ0n) is 12.9. The van der Waals surface area contributed by atoms with Gasteiger partial charge in [-0.15, -0.1) is 0 Å². The van der Waals surface area contributed by atoms with Gasteiger partial charge in [-0.25, -0.2) is 9.18 Å². The molecule has 0 radical (unpaired) electrons. The summed E-state index contributed by atoms with van der Waals surface area (Å²) in [5, 5.41) is 2.67. The summed E-state index contributed by atoms with van der Waals surface area (Å²) < 4.78 is 51.2. The second-order valence-electron chi connectivity index (χ2n) is 6.03. The molecule has 7 heteroatoms. The lowest BCUT2D eigenvalue weighted by Crippen LogP contribution is -2.46. The molecule has 0 aromatic heterocycles. The highest BCUT2D eigenvalue weighted by atomic mass is 19.4. The lowest BCUT2D eigenvalue weighted by atomic mass is 9.85. The first-order valence-corrected chi connectivity index (χ1v) is 7.58. The molecule has 1 N–H and O–H groups in total. The van der Waals surface area contributed by atoms with Crippen molar-refractivity contribution < 1.29 is 22.4 Å². The fraction of sp³-hybridized carbons (Fsp3) is 0.562. The number of carbonyl (C=O) groups is 1. The molecule has 0 spiro atoms. The Morgan fingerprint density at radius 3 is 2.52 bits per heavy atom. The molecule has 2 rings (SSSR count). The van der Waals surface area contributed by atoms with Crippen molar-refractivity contribution in [3.8, 4) is 0 Å². The van der Waals surface area contributed by atoms with Gasteiger partial charge in [0, 0.05) is 19.6 Å². The summed E-state index contributed by atoms with van der Waals surface area (Å²) in [5.41, 5.74) is 0.751. The number of hydrogen-bond donors (Lipinski definition) is 1. The van der Waals surface area contributed by atoms with Crippen LogP contribution in [0, 0.1) is 11.7 Å². The summed E-state index contributed by atoms with van der Waals surface area (Å²) in [6.45, 7) is 0.265. The van der Waals surface area contributed by atoms with Gasteiger partial charge in [0.1, 0.15) is 5.82 Å². The monoisotopic (exact) mass is 332 g/mol. The predicted molar refractivity (Wildman–Crippen MR) is 78.2 cm³/mol. The van der Waals surface area contributed by atoms with E-state index in [1.165, 1.54) is 17.0 Å². The highest BCUT2D eigenvalue weighted by molar-refractivity contribution is 5.74. The van der Waals surface area contributed by atoms with Crippen molar-refractivity contribution in [3.63, 3.8) is 0 Å². The van der Waals surface area contributed by atoms with Crippen LogP contribution in [-0.2, 0) is 6.54 Å². The lowest BCUT2D eigenvalue weighted by Gasteiger charge is -2.32. The van der Waals surface area contributed by atoms with E-state index in [2.05, 4.69) is 5.32 Å². The topological polar surface area (TPSA) is 32.3 Å². The third-order valence-electron chi connectivity index (χ3n) is 4.14. The minimum absolute atomic E-state index is 0.0698. The predicted octanol–water partition coefficient (Wildman–Crippen LogP) is 4.09. The Labute approximate surface area is 132 Å². The van der Waals surface area contributed by atoms with Crippen LogP contribution in [0.4, 0.5) is 22.4 Å². The largest absolute Gasteiger partial charge is 0.391 e. The molecule has 1 aliphatic rings. The minimum atomic E-state index is -4.20. The molecule has 1 aliphatic carbocycles. The van der Waals surface area contributed by atoms with Gasteiger partial charge in [-0.05, 0) is 37.0 Å². The van der Waals surface area contributed by atoms with Crippen LogP contribution in [0.15, 0.2) is 24.3 Å². The number of nitrogens with one attached hydrogen (secondary N) is 1. The van der Waals surface area contributed by atoms with Crippen molar-refractivity contribution >= 4 is 6.03 Å². The molecule has 2 amide bonds. The first-order valence-electron chi connectivity index (χ1n) is 7.58. The van der Waals surface area contributed by atoms with E-state index in [1.54, 1.807) is 19.2 Å². The number of nitrogens with zero attached hydrogens (tertiary/aromatic N) is 1. The smallest absolute Gasteiger partial charge is 0.335 e. The minimum Gasteiger partial charge on any atom is -0.335 e. The molecule has 1 aromatic rings. The molecule has 0 aliphatic heterocycles. The van der Waals surface area contributed by atoms with Crippen LogP contribution in [0.5, 0.6) is 0 Å². The second-order valence-corrected chi connectivity index (χ2v) is 6.03. The van der Waals surface area contributed by atoms with E-state index in [1.807, 2.05) is 0 Å². The highest BCUT2D eigenvalue weighted by Gasteiger charge is 2.42. The van der Waals surface area contributed by atoms with Gasteiger partial charge in [-0.1, -0.05) is 18.6 Å². The first kappa shape index (κ1) is 17.6. The molecule has 3 nitrogen and oxygen atoms in total. The normalized spacial score (nSPS) is 21.8. The van der Waals surface area contributed by atoms with Gasteiger partial charge in [0.25, 0.3) is 0 Å². The summed E-state index contributed by atoms with van der Waals surface area (Å²) in [6.07, 6.45) is -3.14. The third-order valence-corrected chi connectivity index (χ3v) is 4.14. The highest BCUT2D eigenvalue weighted by Crippen LogP contribution is 2.37. The molecular formula is C16H20F4N2O. The number of carbonyl (C=O) groups excluding carboxylic acids is 1. The molecule has 0 saturated heterocycles. The van der Waals surface area contributed by atoms with E-state index in [9.17, 15) is 22.4 Å². The van der Waals surface area contributed by atoms with Gasteiger partial charge in [-0.2, -0.15) is 13.2 Å². The number of benzene rings is 1. The van der Waals surface area contributed by atoms with E-state index in [4.69, 9.17) is 0 Å². The molecule has 0 heterocycles. The zero-order valence-corrected chi connectivity index (χ0v) is 12.9. The maximum Gasteiger partial charge on any atom is 0.391 e. The van der Waals surface area contributed by atoms with Gasteiger partial charge >= 0.3 is 12.2 Å². The standard InChI is InChI=1S/C16H20F4N2O/c1-22(10-11-5-7-13(17)8-6-11)15(23)21-14-4-2-3-12(9-14)16(18,19)20/h5-8,12,14H,2-4,9-10H2,1H3,(H,21,23)/t12-,14-/m1/s1. The van der Waals surface area contributed by atoms with Gasteiger partial charge in [0.05, 0.1) is 5.92 Å². The number of rotatable bonds is 3. The van der Waals surface area contributed by atoms with E-state index >= 15 is 0 Å². The van der Waals surface area contributed by atoms with Crippen molar-refractivity contribution in [1.29, 1.82) is 0 Å². The zero-order chi connectivity index (χ0) is 17.0. The van der Waals surface area contributed by atoms with Gasteiger partial charge in [0.15, 0.2) is 0 Å². The van der Waals surface area contributed by atoms with Crippen LogP contribution in [-0.4, -0.2) is 30.2 Å². The number of urea groups is 1. The van der Waals surface area contributed by atoms with E-state index in [0.29, 0.717) is 12.8 Å². The van der Waals surface area contributed by atoms with Crippen molar-refractivity contribution in [2.75, 3.05) is 7.05 Å². The molecule has 128 valence electrons. The number of amides is 2. The van der Waals surface area contributed by atoms with Crippen LogP contribution in [0.1, 0.15) is 31.2 Å². The van der Waals surface area contributed by atoms with Crippen molar-refractivity contribution in [3.05, 3.63) is 35.6 Å². The molecule has 1 saturated carbocycles. The molecular weight excluding hydrogens is 312 g/mol. The van der Waals surface area contributed by atoms with Crippen LogP contribution >= 0.6 is 0 Å². The Morgan fingerprint density at radius 1 is 1.26 bits per heavy atom. The Bertz CT molecular complexity index is 530. The van der Waals surface area contributed by atoms with Crippen LogP contribution in [0.3, 0.4) is 0 Å². The van der Waals surface area contributed by atoms with Crippen molar-refractivity contribution in [1.82, 2.24) is 10.2 Å². The van der Waals surface area contributed by atoms with Crippen LogP contribution < -0.4 is 5.32 Å². The first-order chi connectivity index (χ1) is 10.8. The Hall–Kier alpha value is -1.79. The Balaban J connectivity index is 1.86. The number of alkyl halides is 3. The summed E-state index contributed by atoms with van der Waals surface area (Å²) in [7, 11) is 1.56. The maximum atomic E-state index is 12.8.